The molecule has 0 amide bonds. The summed E-state index contributed by atoms with van der Waals surface area (Å²) >= 11 is 5.20. The predicted octanol–water partition coefficient (Wildman–Crippen LogP) is 0.0871. The van der Waals surface area contributed by atoms with E-state index >= 15 is 0 Å². The molecule has 0 atom stereocenters. The normalized spacial score (nSPS) is 14.0. The van der Waals surface area contributed by atoms with Crippen LogP contribution >= 0.6 is 19.5 Å². The van der Waals surface area contributed by atoms with E-state index in [0.717, 1.165) is 0 Å². The van der Waals surface area contributed by atoms with Crippen molar-refractivity contribution in [1.29, 1.82) is 0 Å². The Morgan fingerprint density at radius 2 is 1.75 bits per heavy atom. The summed E-state index contributed by atoms with van der Waals surface area (Å²) in [6, 6.07) is 0. The van der Waals surface area contributed by atoms with Gasteiger partial charge in [-0.1, -0.05) is 0 Å². The van der Waals surface area contributed by atoms with Crippen LogP contribution in [0.2, 0.25) is 0 Å². The first kappa shape index (κ1) is 8.60. The average molecular weight is 161 g/mol. The SMILES string of the molecule is O[PH](O)(O)CCCCl. The van der Waals surface area contributed by atoms with E-state index < -0.39 is 7.94 Å². The van der Waals surface area contributed by atoms with Crippen molar-refractivity contribution in [3.63, 3.8) is 0 Å². The third kappa shape index (κ3) is 6.60. The summed E-state index contributed by atoms with van der Waals surface area (Å²) in [5.74, 6) is 0.358. The van der Waals surface area contributed by atoms with Crippen LogP contribution in [-0.4, -0.2) is 26.7 Å². The Kier molecular flexibility index (Phi) is 3.86. The summed E-state index contributed by atoms with van der Waals surface area (Å²) in [6.07, 6.45) is 0.494. The van der Waals surface area contributed by atoms with E-state index in [1.54, 1.807) is 0 Å². The Labute approximate surface area is 53.5 Å². The van der Waals surface area contributed by atoms with Gasteiger partial charge in [-0.05, 0) is 0 Å². The molecule has 3 N–H and O–H groups in total. The molecule has 0 unspecified atom stereocenters. The summed E-state index contributed by atoms with van der Waals surface area (Å²) in [6.45, 7) is 0. The fourth-order valence-electron chi connectivity index (χ4n) is 0.304. The molecule has 0 aliphatic heterocycles. The summed E-state index contributed by atoms with van der Waals surface area (Å²) in [7, 11) is -3.76. The maximum atomic E-state index is 8.34. The van der Waals surface area contributed by atoms with E-state index in [0.29, 0.717) is 12.3 Å². The van der Waals surface area contributed by atoms with Crippen molar-refractivity contribution < 1.29 is 14.7 Å². The van der Waals surface area contributed by atoms with E-state index in [9.17, 15) is 0 Å². The van der Waals surface area contributed by atoms with Crippen molar-refractivity contribution in [3.05, 3.63) is 0 Å². The van der Waals surface area contributed by atoms with Gasteiger partial charge in [0.05, 0.1) is 0 Å². The van der Waals surface area contributed by atoms with Crippen LogP contribution in [0.4, 0.5) is 0 Å². The zero-order chi connectivity index (χ0) is 6.62. The molecule has 0 saturated carbocycles. The van der Waals surface area contributed by atoms with Gasteiger partial charge in [0.2, 0.25) is 0 Å². The second kappa shape index (κ2) is 3.59. The average Bonchev–Trinajstić information content (AvgIpc) is 1.59. The van der Waals surface area contributed by atoms with Gasteiger partial charge < -0.3 is 0 Å². The number of hydrogen-bond donors (Lipinski definition) is 3. The molecule has 0 radical (unpaired) electrons. The number of halogens is 1. The molecule has 0 fully saturated rings. The zero-order valence-electron chi connectivity index (χ0n) is 4.34. The molecule has 0 aliphatic carbocycles. The molecule has 0 saturated heterocycles. The van der Waals surface area contributed by atoms with Gasteiger partial charge >= 0.3 is 52.7 Å². The Balaban J connectivity index is 3.11. The maximum absolute atomic E-state index is 8.34. The zero-order valence-corrected chi connectivity index (χ0v) is 6.10. The van der Waals surface area contributed by atoms with Crippen molar-refractivity contribution in [2.75, 3.05) is 12.0 Å². The summed E-state index contributed by atoms with van der Waals surface area (Å²) < 4.78 is 0. The monoisotopic (exact) mass is 160 g/mol. The van der Waals surface area contributed by atoms with Gasteiger partial charge in [-0.15, -0.1) is 0 Å². The summed E-state index contributed by atoms with van der Waals surface area (Å²) in [4.78, 5) is 25.0. The van der Waals surface area contributed by atoms with Crippen LogP contribution in [-0.2, 0) is 0 Å². The molecule has 0 bridgehead atoms. The Morgan fingerprint density at radius 3 is 1.88 bits per heavy atom. The first-order valence-corrected chi connectivity index (χ1v) is 4.87. The molecule has 0 aromatic carbocycles. The summed E-state index contributed by atoms with van der Waals surface area (Å²) in [5, 5.41) is 0. The molecule has 52 valence electrons. The van der Waals surface area contributed by atoms with Gasteiger partial charge in [0, 0.05) is 0 Å². The Hall–Kier alpha value is 0.600. The van der Waals surface area contributed by atoms with Crippen molar-refractivity contribution >= 4 is 19.5 Å². The molecule has 0 spiro atoms. The molecule has 5 heteroatoms. The minimum absolute atomic E-state index is 0.0382. The second-order valence-electron chi connectivity index (χ2n) is 1.57. The molecule has 3 nitrogen and oxygen atoms in total. The topological polar surface area (TPSA) is 60.7 Å². The van der Waals surface area contributed by atoms with E-state index in [1.165, 1.54) is 0 Å². The number of alkyl halides is 1. The van der Waals surface area contributed by atoms with E-state index in [1.807, 2.05) is 0 Å². The Bertz CT molecular complexity index is 62.0. The fraction of sp³-hybridized carbons (Fsp3) is 1.00. The molecule has 0 heterocycles. The van der Waals surface area contributed by atoms with Crippen LogP contribution in [0.15, 0.2) is 0 Å². The van der Waals surface area contributed by atoms with Gasteiger partial charge in [-0.2, -0.15) is 0 Å². The van der Waals surface area contributed by atoms with Crippen LogP contribution in [0.1, 0.15) is 6.42 Å². The fourth-order valence-corrected chi connectivity index (χ4v) is 1.31. The van der Waals surface area contributed by atoms with Crippen LogP contribution in [0, 0.1) is 0 Å². The van der Waals surface area contributed by atoms with Crippen molar-refractivity contribution in [2.45, 2.75) is 6.42 Å². The van der Waals surface area contributed by atoms with Crippen LogP contribution in [0.3, 0.4) is 0 Å². The van der Waals surface area contributed by atoms with Gasteiger partial charge in [-0.25, -0.2) is 0 Å². The number of hydrogen-bond acceptors (Lipinski definition) is 3. The van der Waals surface area contributed by atoms with Crippen molar-refractivity contribution in [2.24, 2.45) is 0 Å². The van der Waals surface area contributed by atoms with Crippen molar-refractivity contribution in [3.8, 4) is 0 Å². The molecule has 0 rings (SSSR count). The first-order chi connectivity index (χ1) is 3.56. The summed E-state index contributed by atoms with van der Waals surface area (Å²) in [5.41, 5.74) is 0. The standard InChI is InChI=1S/C3H10ClO3P/c4-2-1-3-8(5,6)7/h5-8H,1-3H2. The molecular formula is C3H10ClO3P. The molecule has 8 heavy (non-hydrogen) atoms. The third-order valence-electron chi connectivity index (χ3n) is 0.646. The molecular weight excluding hydrogens is 150 g/mol. The van der Waals surface area contributed by atoms with Gasteiger partial charge in [0.1, 0.15) is 0 Å². The van der Waals surface area contributed by atoms with Crippen LogP contribution in [0.5, 0.6) is 0 Å². The molecule has 0 aromatic rings. The second-order valence-corrected chi connectivity index (χ2v) is 3.99. The quantitative estimate of drug-likeness (QED) is 0.405. The minimum atomic E-state index is -3.76. The third-order valence-corrected chi connectivity index (χ3v) is 1.94. The molecule has 0 aliphatic rings. The van der Waals surface area contributed by atoms with E-state index in [2.05, 4.69) is 0 Å². The van der Waals surface area contributed by atoms with Crippen LogP contribution in [0.25, 0.3) is 0 Å². The van der Waals surface area contributed by atoms with Gasteiger partial charge in [0.15, 0.2) is 0 Å². The van der Waals surface area contributed by atoms with Crippen LogP contribution < -0.4 is 0 Å². The Morgan fingerprint density at radius 1 is 1.25 bits per heavy atom. The van der Waals surface area contributed by atoms with Gasteiger partial charge in [0.25, 0.3) is 0 Å². The predicted molar refractivity (Wildman–Crippen MR) is 35.2 cm³/mol. The number of rotatable bonds is 3. The van der Waals surface area contributed by atoms with Crippen molar-refractivity contribution in [1.82, 2.24) is 0 Å². The van der Waals surface area contributed by atoms with E-state index in [-0.39, 0.29) is 6.16 Å². The first-order valence-electron chi connectivity index (χ1n) is 2.29. The van der Waals surface area contributed by atoms with E-state index in [4.69, 9.17) is 26.3 Å². The molecule has 0 aromatic heterocycles. The van der Waals surface area contributed by atoms with Gasteiger partial charge in [-0.3, -0.25) is 0 Å².